The third-order valence-corrected chi connectivity index (χ3v) is 3.05. The van der Waals surface area contributed by atoms with Crippen molar-refractivity contribution in [2.45, 2.75) is 0 Å². The summed E-state index contributed by atoms with van der Waals surface area (Å²) in [6.45, 7) is 0. The minimum absolute atomic E-state index is 0.0278. The maximum absolute atomic E-state index is 11.3. The first-order chi connectivity index (χ1) is 9.85. The molecule has 0 aliphatic carbocycles. The smallest absolute Gasteiger partial charge is 0.229 e. The molecule has 8 heteroatoms. The van der Waals surface area contributed by atoms with Gasteiger partial charge in [0.1, 0.15) is 5.75 Å². The van der Waals surface area contributed by atoms with E-state index in [1.807, 2.05) is 6.07 Å². The van der Waals surface area contributed by atoms with Crippen LogP contribution in [0.3, 0.4) is 0 Å². The lowest BCUT2D eigenvalue weighted by molar-refractivity contribution is 0.0291. The van der Waals surface area contributed by atoms with Crippen molar-refractivity contribution in [1.29, 1.82) is 0 Å². The Morgan fingerprint density at radius 3 is 2.33 bits per heavy atom. The average molecular weight is 310 g/mol. The number of nitrogens with one attached hydrogen (secondary N) is 1. The Morgan fingerprint density at radius 1 is 1.10 bits per heavy atom. The van der Waals surface area contributed by atoms with Crippen LogP contribution in [-0.2, 0) is 10.0 Å². The van der Waals surface area contributed by atoms with Crippen molar-refractivity contribution in [3.8, 4) is 11.5 Å². The number of hydrogen-bond donors (Lipinski definition) is 3. The van der Waals surface area contributed by atoms with Crippen molar-refractivity contribution in [3.05, 3.63) is 48.5 Å². The highest BCUT2D eigenvalue weighted by molar-refractivity contribution is 7.92. The normalized spacial score (nSPS) is 11.0. The number of hydrogen-bond acceptors (Lipinski definition) is 6. The summed E-state index contributed by atoms with van der Waals surface area (Å²) >= 11 is 0. The molecule has 0 saturated carbocycles. The van der Waals surface area contributed by atoms with Gasteiger partial charge in [-0.2, -0.15) is 0 Å². The molecule has 0 aromatic heterocycles. The molecule has 7 nitrogen and oxygen atoms in total. The van der Waals surface area contributed by atoms with Crippen LogP contribution in [0.1, 0.15) is 0 Å². The second-order valence-corrected chi connectivity index (χ2v) is 6.01. The Labute approximate surface area is 122 Å². The Bertz CT molecular complexity index is 717. The number of nitrogens with zero attached hydrogens (tertiary/aromatic N) is 1. The zero-order valence-corrected chi connectivity index (χ0v) is 11.9. The summed E-state index contributed by atoms with van der Waals surface area (Å²) in [5, 5.41) is 18.0. The Hall–Kier alpha value is -2.29. The molecule has 21 heavy (non-hydrogen) atoms. The molecule has 2 aromatic rings. The summed E-state index contributed by atoms with van der Waals surface area (Å²) in [5.41, 5.74) is 0.215. The van der Waals surface area contributed by atoms with Crippen molar-refractivity contribution in [3.63, 3.8) is 0 Å². The van der Waals surface area contributed by atoms with Gasteiger partial charge in [-0.3, -0.25) is 15.1 Å². The van der Waals surface area contributed by atoms with Crippen LogP contribution in [0.5, 0.6) is 11.5 Å². The van der Waals surface area contributed by atoms with Crippen LogP contribution >= 0.6 is 0 Å². The van der Waals surface area contributed by atoms with Gasteiger partial charge in [0.15, 0.2) is 5.75 Å². The summed E-state index contributed by atoms with van der Waals surface area (Å²) in [5.74, 6) is 0.617. The van der Waals surface area contributed by atoms with Gasteiger partial charge in [-0.15, -0.1) is 5.23 Å². The summed E-state index contributed by atoms with van der Waals surface area (Å²) < 4.78 is 30.6. The first kappa shape index (κ1) is 15.1. The van der Waals surface area contributed by atoms with Crippen LogP contribution in [0.4, 0.5) is 11.4 Å². The highest BCUT2D eigenvalue weighted by Crippen LogP contribution is 2.33. The quantitative estimate of drug-likeness (QED) is 0.734. The van der Waals surface area contributed by atoms with Crippen LogP contribution < -0.4 is 14.7 Å². The molecule has 0 aliphatic heterocycles. The standard InChI is InChI=1S/C13H14N2O5S/c1-21(18,19)14-12-8-7-10(15(16)17)9-13(12)20-11-5-3-2-4-6-11/h2-9,14,16-17H,1H3. The van der Waals surface area contributed by atoms with E-state index in [0.717, 1.165) is 6.26 Å². The fraction of sp³-hybridized carbons (Fsp3) is 0.0769. The SMILES string of the molecule is CS(=O)(=O)Nc1ccc(N(O)O)cc1Oc1ccccc1. The van der Waals surface area contributed by atoms with Gasteiger partial charge < -0.3 is 4.74 Å². The van der Waals surface area contributed by atoms with Gasteiger partial charge in [0, 0.05) is 6.07 Å². The molecule has 0 unspecified atom stereocenters. The summed E-state index contributed by atoms with van der Waals surface area (Å²) in [7, 11) is -3.49. The van der Waals surface area contributed by atoms with Crippen LogP contribution in [0.25, 0.3) is 0 Å². The van der Waals surface area contributed by atoms with Gasteiger partial charge in [0.05, 0.1) is 17.6 Å². The van der Waals surface area contributed by atoms with E-state index >= 15 is 0 Å². The number of sulfonamides is 1. The molecule has 0 radical (unpaired) electrons. The third kappa shape index (κ3) is 4.35. The Kier molecular flexibility index (Phi) is 4.32. The molecule has 2 rings (SSSR count). The van der Waals surface area contributed by atoms with E-state index in [1.54, 1.807) is 24.3 Å². The van der Waals surface area contributed by atoms with Crippen molar-refractivity contribution < 1.29 is 23.6 Å². The van der Waals surface area contributed by atoms with Gasteiger partial charge in [-0.05, 0) is 24.3 Å². The minimum Gasteiger partial charge on any atom is -0.455 e. The van der Waals surface area contributed by atoms with Crippen molar-refractivity contribution in [2.75, 3.05) is 16.2 Å². The second-order valence-electron chi connectivity index (χ2n) is 4.26. The first-order valence-electron chi connectivity index (χ1n) is 5.88. The molecule has 0 atom stereocenters. The van der Waals surface area contributed by atoms with Gasteiger partial charge >= 0.3 is 0 Å². The predicted molar refractivity (Wildman–Crippen MR) is 77.5 cm³/mol. The van der Waals surface area contributed by atoms with Gasteiger partial charge in [0.25, 0.3) is 0 Å². The molecule has 0 amide bonds. The molecular formula is C13H14N2O5S. The number of ether oxygens (including phenoxy) is 1. The average Bonchev–Trinajstić information content (AvgIpc) is 2.40. The lowest BCUT2D eigenvalue weighted by Gasteiger charge is -2.15. The molecule has 112 valence electrons. The van der Waals surface area contributed by atoms with Gasteiger partial charge in [-0.1, -0.05) is 18.2 Å². The van der Waals surface area contributed by atoms with Crippen LogP contribution in [-0.4, -0.2) is 25.1 Å². The van der Waals surface area contributed by atoms with E-state index in [0.29, 0.717) is 5.75 Å². The zero-order chi connectivity index (χ0) is 15.5. The van der Waals surface area contributed by atoms with E-state index < -0.39 is 10.0 Å². The first-order valence-corrected chi connectivity index (χ1v) is 7.77. The molecule has 0 spiro atoms. The highest BCUT2D eigenvalue weighted by Gasteiger charge is 2.12. The van der Waals surface area contributed by atoms with Gasteiger partial charge in [-0.25, -0.2) is 8.42 Å². The monoisotopic (exact) mass is 310 g/mol. The summed E-state index contributed by atoms with van der Waals surface area (Å²) in [4.78, 5) is 0. The second kappa shape index (κ2) is 6.00. The van der Waals surface area contributed by atoms with E-state index in [-0.39, 0.29) is 22.4 Å². The number of benzene rings is 2. The van der Waals surface area contributed by atoms with Gasteiger partial charge in [0.2, 0.25) is 10.0 Å². The highest BCUT2D eigenvalue weighted by atomic mass is 32.2. The summed E-state index contributed by atoms with van der Waals surface area (Å²) in [6, 6.07) is 12.7. The topological polar surface area (TPSA) is 99.1 Å². The predicted octanol–water partition coefficient (Wildman–Crippen LogP) is 2.44. The molecule has 0 bridgehead atoms. The fourth-order valence-corrected chi connectivity index (χ4v) is 2.19. The fourth-order valence-electron chi connectivity index (χ4n) is 1.62. The van der Waals surface area contributed by atoms with Crippen molar-refractivity contribution in [2.24, 2.45) is 0 Å². The number of anilines is 2. The Balaban J connectivity index is 2.41. The van der Waals surface area contributed by atoms with Crippen LogP contribution in [0, 0.1) is 0 Å². The number of rotatable bonds is 5. The lowest BCUT2D eigenvalue weighted by atomic mass is 10.2. The van der Waals surface area contributed by atoms with Crippen molar-refractivity contribution in [1.82, 2.24) is 0 Å². The lowest BCUT2D eigenvalue weighted by Crippen LogP contribution is -2.13. The van der Waals surface area contributed by atoms with Crippen LogP contribution in [0.2, 0.25) is 0 Å². The van der Waals surface area contributed by atoms with Crippen LogP contribution in [0.15, 0.2) is 48.5 Å². The van der Waals surface area contributed by atoms with E-state index in [2.05, 4.69) is 4.72 Å². The molecule has 0 heterocycles. The van der Waals surface area contributed by atoms with E-state index in [9.17, 15) is 8.42 Å². The molecule has 0 fully saturated rings. The molecule has 2 aromatic carbocycles. The largest absolute Gasteiger partial charge is 0.455 e. The Morgan fingerprint density at radius 2 is 1.76 bits per heavy atom. The maximum Gasteiger partial charge on any atom is 0.229 e. The number of para-hydroxylation sites is 1. The minimum atomic E-state index is -3.49. The zero-order valence-electron chi connectivity index (χ0n) is 11.1. The molecule has 0 saturated heterocycles. The third-order valence-electron chi connectivity index (χ3n) is 2.46. The maximum atomic E-state index is 11.3. The van der Waals surface area contributed by atoms with E-state index in [1.165, 1.54) is 18.2 Å². The molecule has 0 aliphatic rings. The van der Waals surface area contributed by atoms with E-state index in [4.69, 9.17) is 15.2 Å². The molecular weight excluding hydrogens is 296 g/mol. The summed E-state index contributed by atoms with van der Waals surface area (Å²) in [6.07, 6.45) is 1.01. The van der Waals surface area contributed by atoms with Crippen molar-refractivity contribution >= 4 is 21.4 Å². The molecule has 3 N–H and O–H groups in total.